The topological polar surface area (TPSA) is 22.1 Å². The van der Waals surface area contributed by atoms with E-state index in [0.717, 1.165) is 0 Å². The molecule has 1 aromatic heterocycles. The number of benzene rings is 1. The first-order valence-electron chi connectivity index (χ1n) is 5.35. The van der Waals surface area contributed by atoms with Gasteiger partial charge >= 0.3 is 0 Å². The molecular formula is C13H11BFNO. The Bertz CT molecular complexity index is 513. The van der Waals surface area contributed by atoms with Crippen molar-refractivity contribution in [3.05, 3.63) is 42.3 Å². The van der Waals surface area contributed by atoms with E-state index in [4.69, 9.17) is 12.6 Å². The van der Waals surface area contributed by atoms with E-state index in [0.29, 0.717) is 29.1 Å². The van der Waals surface area contributed by atoms with Crippen molar-refractivity contribution in [2.75, 3.05) is 6.61 Å². The number of halogens is 1. The molecule has 0 saturated heterocycles. The van der Waals surface area contributed by atoms with Crippen LogP contribution in [0.3, 0.4) is 0 Å². The summed E-state index contributed by atoms with van der Waals surface area (Å²) in [5, 5.41) is 0. The summed E-state index contributed by atoms with van der Waals surface area (Å²) in [6, 6.07) is 7.98. The van der Waals surface area contributed by atoms with Crippen molar-refractivity contribution in [3.63, 3.8) is 0 Å². The van der Waals surface area contributed by atoms with E-state index in [1.54, 1.807) is 24.3 Å². The van der Waals surface area contributed by atoms with Crippen LogP contribution in [0.1, 0.15) is 6.92 Å². The standard InChI is InChI=1S/C13H11BFNO/c1-2-17-10-4-5-12(15)11(7-10)13-6-3-9(14)8-16-13/h3-8H,2H2,1H3. The first-order valence-corrected chi connectivity index (χ1v) is 5.35. The zero-order valence-corrected chi connectivity index (χ0v) is 9.48. The number of pyridine rings is 1. The quantitative estimate of drug-likeness (QED) is 0.749. The molecule has 0 aliphatic carbocycles. The second kappa shape index (κ2) is 5.00. The fourth-order valence-corrected chi connectivity index (χ4v) is 1.52. The van der Waals surface area contributed by atoms with Gasteiger partial charge in [0.25, 0.3) is 0 Å². The Kier molecular flexibility index (Phi) is 3.42. The predicted molar refractivity (Wildman–Crippen MR) is 66.2 cm³/mol. The van der Waals surface area contributed by atoms with Gasteiger partial charge in [-0.1, -0.05) is 11.5 Å². The van der Waals surface area contributed by atoms with Gasteiger partial charge in [0.15, 0.2) is 0 Å². The molecule has 1 heterocycles. The third kappa shape index (κ3) is 2.64. The average molecular weight is 227 g/mol. The minimum Gasteiger partial charge on any atom is -0.494 e. The van der Waals surface area contributed by atoms with E-state index in [9.17, 15) is 4.39 Å². The van der Waals surface area contributed by atoms with Crippen LogP contribution in [0.5, 0.6) is 5.75 Å². The van der Waals surface area contributed by atoms with E-state index in [1.807, 2.05) is 6.92 Å². The average Bonchev–Trinajstić information content (AvgIpc) is 2.33. The van der Waals surface area contributed by atoms with Gasteiger partial charge in [0.1, 0.15) is 19.4 Å². The fourth-order valence-electron chi connectivity index (χ4n) is 1.52. The van der Waals surface area contributed by atoms with Gasteiger partial charge in [0, 0.05) is 11.8 Å². The maximum absolute atomic E-state index is 13.7. The smallest absolute Gasteiger partial charge is 0.132 e. The minimum atomic E-state index is -0.328. The molecule has 2 nitrogen and oxygen atoms in total. The van der Waals surface area contributed by atoms with Crippen LogP contribution in [-0.2, 0) is 0 Å². The summed E-state index contributed by atoms with van der Waals surface area (Å²) in [6.45, 7) is 2.42. The van der Waals surface area contributed by atoms with E-state index in [2.05, 4.69) is 4.98 Å². The molecule has 0 amide bonds. The molecule has 0 bridgehead atoms. The van der Waals surface area contributed by atoms with Crippen molar-refractivity contribution < 1.29 is 9.13 Å². The fraction of sp³-hybridized carbons (Fsp3) is 0.154. The molecule has 0 N–H and O–H groups in total. The zero-order chi connectivity index (χ0) is 12.3. The number of rotatable bonds is 3. The maximum Gasteiger partial charge on any atom is 0.132 e. The van der Waals surface area contributed by atoms with Gasteiger partial charge in [-0.15, -0.1) is 0 Å². The summed E-state index contributed by atoms with van der Waals surface area (Å²) in [6.07, 6.45) is 1.50. The first-order chi connectivity index (χ1) is 8.20. The Balaban J connectivity index is 2.42. The summed E-state index contributed by atoms with van der Waals surface area (Å²) < 4.78 is 19.0. The summed E-state index contributed by atoms with van der Waals surface area (Å²) in [4.78, 5) is 4.09. The van der Waals surface area contributed by atoms with Gasteiger partial charge in [-0.3, -0.25) is 4.98 Å². The Morgan fingerprint density at radius 1 is 1.29 bits per heavy atom. The van der Waals surface area contributed by atoms with Gasteiger partial charge in [-0.25, -0.2) is 4.39 Å². The number of hydrogen-bond acceptors (Lipinski definition) is 2. The number of ether oxygens (including phenoxy) is 1. The minimum absolute atomic E-state index is 0.328. The Morgan fingerprint density at radius 3 is 2.76 bits per heavy atom. The molecule has 0 saturated carbocycles. The summed E-state index contributed by atoms with van der Waals surface area (Å²) in [5.74, 6) is 0.299. The normalized spacial score (nSPS) is 10.2. The molecule has 0 aliphatic rings. The summed E-state index contributed by atoms with van der Waals surface area (Å²) in [5.41, 5.74) is 1.50. The highest BCUT2D eigenvalue weighted by Gasteiger charge is 2.07. The molecular weight excluding hydrogens is 216 g/mol. The van der Waals surface area contributed by atoms with E-state index in [-0.39, 0.29) is 5.82 Å². The molecule has 1 aromatic carbocycles. The van der Waals surface area contributed by atoms with Crippen LogP contribution in [0.25, 0.3) is 11.3 Å². The van der Waals surface area contributed by atoms with Crippen LogP contribution < -0.4 is 10.2 Å². The van der Waals surface area contributed by atoms with Gasteiger partial charge in [0.05, 0.1) is 12.3 Å². The van der Waals surface area contributed by atoms with Gasteiger partial charge in [-0.05, 0) is 31.2 Å². The Hall–Kier alpha value is -1.84. The highest BCUT2D eigenvalue weighted by atomic mass is 19.1. The first kappa shape index (κ1) is 11.6. The number of aromatic nitrogens is 1. The molecule has 0 fully saturated rings. The molecule has 17 heavy (non-hydrogen) atoms. The number of nitrogens with zero attached hydrogens (tertiary/aromatic N) is 1. The van der Waals surface area contributed by atoms with Gasteiger partial charge in [0.2, 0.25) is 0 Å². The molecule has 2 aromatic rings. The van der Waals surface area contributed by atoms with Crippen molar-refractivity contribution in [2.24, 2.45) is 0 Å². The molecule has 2 radical (unpaired) electrons. The van der Waals surface area contributed by atoms with E-state index >= 15 is 0 Å². The van der Waals surface area contributed by atoms with Crippen molar-refractivity contribution in [1.82, 2.24) is 4.98 Å². The second-order valence-corrected chi connectivity index (χ2v) is 3.55. The maximum atomic E-state index is 13.7. The van der Waals surface area contributed by atoms with Crippen molar-refractivity contribution in [1.29, 1.82) is 0 Å². The number of hydrogen-bond donors (Lipinski definition) is 0. The second-order valence-electron chi connectivity index (χ2n) is 3.55. The molecule has 2 rings (SSSR count). The van der Waals surface area contributed by atoms with Crippen LogP contribution in [0, 0.1) is 5.82 Å². The summed E-state index contributed by atoms with van der Waals surface area (Å²) in [7, 11) is 5.54. The van der Waals surface area contributed by atoms with Gasteiger partial charge < -0.3 is 4.74 Å². The lowest BCUT2D eigenvalue weighted by molar-refractivity contribution is 0.340. The predicted octanol–water partition coefficient (Wildman–Crippen LogP) is 2.08. The SMILES string of the molecule is [B]c1ccc(-c2cc(OCC)ccc2F)nc1. The van der Waals surface area contributed by atoms with Crippen LogP contribution in [-0.4, -0.2) is 19.4 Å². The highest BCUT2D eigenvalue weighted by Crippen LogP contribution is 2.25. The van der Waals surface area contributed by atoms with Crippen molar-refractivity contribution in [3.8, 4) is 17.0 Å². The van der Waals surface area contributed by atoms with Crippen molar-refractivity contribution in [2.45, 2.75) is 6.92 Å². The Labute approximate surface area is 101 Å². The summed E-state index contributed by atoms with van der Waals surface area (Å²) >= 11 is 0. The van der Waals surface area contributed by atoms with Crippen LogP contribution in [0.15, 0.2) is 36.5 Å². The van der Waals surface area contributed by atoms with E-state index < -0.39 is 0 Å². The van der Waals surface area contributed by atoms with Crippen LogP contribution in [0.4, 0.5) is 4.39 Å². The monoisotopic (exact) mass is 227 g/mol. The van der Waals surface area contributed by atoms with Crippen molar-refractivity contribution >= 4 is 13.3 Å². The lowest BCUT2D eigenvalue weighted by atomic mass is 9.98. The lowest BCUT2D eigenvalue weighted by Crippen LogP contribution is -2.02. The lowest BCUT2D eigenvalue weighted by Gasteiger charge is -2.07. The van der Waals surface area contributed by atoms with Gasteiger partial charge in [-0.2, -0.15) is 0 Å². The van der Waals surface area contributed by atoms with Crippen LogP contribution in [0.2, 0.25) is 0 Å². The molecule has 0 atom stereocenters. The molecule has 0 aliphatic heterocycles. The Morgan fingerprint density at radius 2 is 2.12 bits per heavy atom. The third-order valence-corrected chi connectivity index (χ3v) is 2.31. The third-order valence-electron chi connectivity index (χ3n) is 2.31. The molecule has 0 spiro atoms. The largest absolute Gasteiger partial charge is 0.494 e. The highest BCUT2D eigenvalue weighted by molar-refractivity contribution is 6.32. The molecule has 0 unspecified atom stereocenters. The molecule has 4 heteroatoms. The zero-order valence-electron chi connectivity index (χ0n) is 9.48. The van der Waals surface area contributed by atoms with E-state index in [1.165, 1.54) is 12.3 Å². The van der Waals surface area contributed by atoms with Crippen LogP contribution >= 0.6 is 0 Å². The molecule has 84 valence electrons.